The summed E-state index contributed by atoms with van der Waals surface area (Å²) in [5.41, 5.74) is 0. The topological polar surface area (TPSA) is 39.7 Å². The molecule has 0 bridgehead atoms. The first-order chi connectivity index (χ1) is 9.24. The van der Waals surface area contributed by atoms with Crippen LogP contribution in [-0.2, 0) is 4.74 Å². The molecule has 0 heterocycles. The third-order valence-corrected chi connectivity index (χ3v) is 2.57. The lowest BCUT2D eigenvalue weighted by Crippen LogP contribution is -2.24. The summed E-state index contributed by atoms with van der Waals surface area (Å²) in [6.45, 7) is 7.17. The van der Waals surface area contributed by atoms with E-state index >= 15 is 0 Å². The number of hydrogen-bond acceptors (Lipinski definition) is 4. The van der Waals surface area contributed by atoms with E-state index in [9.17, 15) is 0 Å². The molecule has 4 nitrogen and oxygen atoms in total. The van der Waals surface area contributed by atoms with Crippen molar-refractivity contribution < 1.29 is 14.2 Å². The van der Waals surface area contributed by atoms with Gasteiger partial charge in [-0.15, -0.1) is 0 Å². The molecule has 0 aromatic heterocycles. The van der Waals surface area contributed by atoms with Crippen molar-refractivity contribution in [2.24, 2.45) is 0 Å². The van der Waals surface area contributed by atoms with Gasteiger partial charge in [0.2, 0.25) is 0 Å². The van der Waals surface area contributed by atoms with E-state index in [-0.39, 0.29) is 0 Å². The van der Waals surface area contributed by atoms with Gasteiger partial charge in [-0.2, -0.15) is 0 Å². The fourth-order valence-electron chi connectivity index (χ4n) is 1.62. The Bertz CT molecular complexity index is 342. The molecule has 0 aliphatic carbocycles. The summed E-state index contributed by atoms with van der Waals surface area (Å²) in [6, 6.07) is 8.16. The number of para-hydroxylation sites is 2. The molecule has 0 spiro atoms. The molecule has 108 valence electrons. The van der Waals surface area contributed by atoms with Crippen LogP contribution in [0, 0.1) is 0 Å². The van der Waals surface area contributed by atoms with Gasteiger partial charge in [0.05, 0.1) is 13.7 Å². The summed E-state index contributed by atoms with van der Waals surface area (Å²) in [4.78, 5) is 0. The number of methoxy groups -OCH3 is 1. The van der Waals surface area contributed by atoms with Crippen LogP contribution in [0.3, 0.4) is 0 Å². The van der Waals surface area contributed by atoms with Crippen LogP contribution in [0.4, 0.5) is 0 Å². The molecule has 19 heavy (non-hydrogen) atoms. The van der Waals surface area contributed by atoms with E-state index in [1.54, 1.807) is 7.11 Å². The summed E-state index contributed by atoms with van der Waals surface area (Å²) >= 11 is 0. The van der Waals surface area contributed by atoms with Gasteiger partial charge in [-0.25, -0.2) is 0 Å². The van der Waals surface area contributed by atoms with Crippen LogP contribution in [0.25, 0.3) is 0 Å². The Labute approximate surface area is 116 Å². The van der Waals surface area contributed by atoms with Crippen molar-refractivity contribution in [2.45, 2.75) is 26.3 Å². The van der Waals surface area contributed by atoms with Gasteiger partial charge in [-0.3, -0.25) is 0 Å². The molecule has 0 unspecified atom stereocenters. The monoisotopic (exact) mass is 267 g/mol. The van der Waals surface area contributed by atoms with E-state index < -0.39 is 0 Å². The second kappa shape index (κ2) is 9.64. The van der Waals surface area contributed by atoms with Gasteiger partial charge in [0, 0.05) is 12.6 Å². The standard InChI is InChI=1S/C15H25NO3/c1-13(2)16-9-6-10-18-11-12-19-15-8-5-4-7-14(15)17-3/h4-5,7-8,13,16H,6,9-12H2,1-3H3. The SMILES string of the molecule is COc1ccccc1OCCOCCCNC(C)C. The molecular weight excluding hydrogens is 242 g/mol. The molecule has 4 heteroatoms. The van der Waals surface area contributed by atoms with Gasteiger partial charge in [-0.05, 0) is 25.1 Å². The van der Waals surface area contributed by atoms with Crippen LogP contribution >= 0.6 is 0 Å². The number of hydrogen-bond donors (Lipinski definition) is 1. The van der Waals surface area contributed by atoms with Crippen molar-refractivity contribution in [3.63, 3.8) is 0 Å². The van der Waals surface area contributed by atoms with Crippen molar-refractivity contribution in [2.75, 3.05) is 33.5 Å². The zero-order chi connectivity index (χ0) is 13.9. The van der Waals surface area contributed by atoms with Crippen LogP contribution in [0.1, 0.15) is 20.3 Å². The third-order valence-electron chi connectivity index (χ3n) is 2.57. The van der Waals surface area contributed by atoms with E-state index in [1.165, 1.54) is 0 Å². The van der Waals surface area contributed by atoms with Crippen LogP contribution in [-0.4, -0.2) is 39.5 Å². The maximum atomic E-state index is 5.61. The van der Waals surface area contributed by atoms with E-state index in [2.05, 4.69) is 19.2 Å². The predicted octanol–water partition coefficient (Wildman–Crippen LogP) is 2.48. The second-order valence-electron chi connectivity index (χ2n) is 4.57. The molecule has 1 N–H and O–H groups in total. The van der Waals surface area contributed by atoms with E-state index in [1.807, 2.05) is 24.3 Å². The minimum absolute atomic E-state index is 0.536. The average Bonchev–Trinajstić information content (AvgIpc) is 2.42. The number of ether oxygens (including phenoxy) is 3. The molecule has 1 aromatic carbocycles. The van der Waals surface area contributed by atoms with E-state index in [4.69, 9.17) is 14.2 Å². The molecule has 0 saturated carbocycles. The highest BCUT2D eigenvalue weighted by molar-refractivity contribution is 5.39. The zero-order valence-corrected chi connectivity index (χ0v) is 12.1. The molecular formula is C15H25NO3. The first-order valence-corrected chi connectivity index (χ1v) is 6.81. The normalized spacial score (nSPS) is 10.7. The minimum atomic E-state index is 0.536. The summed E-state index contributed by atoms with van der Waals surface area (Å²) in [7, 11) is 1.64. The molecule has 0 aliphatic rings. The quantitative estimate of drug-likeness (QED) is 0.661. The first kappa shape index (κ1) is 15.8. The average molecular weight is 267 g/mol. The molecule has 1 aromatic rings. The van der Waals surface area contributed by atoms with Crippen LogP contribution < -0.4 is 14.8 Å². The summed E-state index contributed by atoms with van der Waals surface area (Å²) in [6.07, 6.45) is 1.02. The van der Waals surface area contributed by atoms with Gasteiger partial charge in [0.15, 0.2) is 11.5 Å². The molecule has 0 atom stereocenters. The van der Waals surface area contributed by atoms with Crippen molar-refractivity contribution >= 4 is 0 Å². The number of rotatable bonds is 10. The molecule has 0 radical (unpaired) electrons. The number of benzene rings is 1. The minimum Gasteiger partial charge on any atom is -0.493 e. The van der Waals surface area contributed by atoms with Crippen molar-refractivity contribution in [1.82, 2.24) is 5.32 Å². The van der Waals surface area contributed by atoms with Crippen molar-refractivity contribution in [3.8, 4) is 11.5 Å². The highest BCUT2D eigenvalue weighted by atomic mass is 16.5. The van der Waals surface area contributed by atoms with Crippen LogP contribution in [0.5, 0.6) is 11.5 Å². The molecule has 0 aliphatic heterocycles. The Balaban J connectivity index is 2.04. The highest BCUT2D eigenvalue weighted by Gasteiger charge is 2.01. The first-order valence-electron chi connectivity index (χ1n) is 6.81. The predicted molar refractivity (Wildman–Crippen MR) is 77.1 cm³/mol. The molecule has 0 fully saturated rings. The maximum absolute atomic E-state index is 5.61. The van der Waals surface area contributed by atoms with Gasteiger partial charge < -0.3 is 19.5 Å². The van der Waals surface area contributed by atoms with E-state index in [0.29, 0.717) is 19.3 Å². The largest absolute Gasteiger partial charge is 0.493 e. The fourth-order valence-corrected chi connectivity index (χ4v) is 1.62. The fraction of sp³-hybridized carbons (Fsp3) is 0.600. The lowest BCUT2D eigenvalue weighted by Gasteiger charge is -2.11. The van der Waals surface area contributed by atoms with E-state index in [0.717, 1.165) is 31.1 Å². The molecule has 1 rings (SSSR count). The summed E-state index contributed by atoms with van der Waals surface area (Å²) in [5, 5.41) is 3.35. The lowest BCUT2D eigenvalue weighted by atomic mass is 10.3. The Morgan fingerprint density at radius 3 is 2.47 bits per heavy atom. The molecule has 0 amide bonds. The Hall–Kier alpha value is -1.26. The zero-order valence-electron chi connectivity index (χ0n) is 12.1. The van der Waals surface area contributed by atoms with Crippen molar-refractivity contribution in [1.29, 1.82) is 0 Å². The lowest BCUT2D eigenvalue weighted by molar-refractivity contribution is 0.0971. The smallest absolute Gasteiger partial charge is 0.161 e. The Morgan fingerprint density at radius 1 is 1.05 bits per heavy atom. The van der Waals surface area contributed by atoms with Crippen LogP contribution in [0.2, 0.25) is 0 Å². The third kappa shape index (κ3) is 7.03. The van der Waals surface area contributed by atoms with Crippen LogP contribution in [0.15, 0.2) is 24.3 Å². The highest BCUT2D eigenvalue weighted by Crippen LogP contribution is 2.25. The number of nitrogens with one attached hydrogen (secondary N) is 1. The van der Waals surface area contributed by atoms with Gasteiger partial charge in [0.25, 0.3) is 0 Å². The summed E-state index contributed by atoms with van der Waals surface area (Å²) < 4.78 is 16.3. The second-order valence-corrected chi connectivity index (χ2v) is 4.57. The van der Waals surface area contributed by atoms with Gasteiger partial charge in [-0.1, -0.05) is 26.0 Å². The maximum Gasteiger partial charge on any atom is 0.161 e. The molecule has 0 saturated heterocycles. The summed E-state index contributed by atoms with van der Waals surface area (Å²) in [5.74, 6) is 1.51. The van der Waals surface area contributed by atoms with Crippen molar-refractivity contribution in [3.05, 3.63) is 24.3 Å². The van der Waals surface area contributed by atoms with Gasteiger partial charge in [0.1, 0.15) is 6.61 Å². The Morgan fingerprint density at radius 2 is 1.79 bits per heavy atom. The van der Waals surface area contributed by atoms with Gasteiger partial charge >= 0.3 is 0 Å². The Kier molecular flexibility index (Phi) is 8.02.